The second-order valence-electron chi connectivity index (χ2n) is 5.29. The molecule has 2 heterocycles. The van der Waals surface area contributed by atoms with E-state index in [4.69, 9.17) is 6.42 Å². The Morgan fingerprint density at radius 2 is 2.26 bits per heavy atom. The van der Waals surface area contributed by atoms with Gasteiger partial charge >= 0.3 is 0 Å². The molecule has 2 rings (SSSR count). The van der Waals surface area contributed by atoms with Crippen molar-refractivity contribution in [3.05, 3.63) is 11.9 Å². The summed E-state index contributed by atoms with van der Waals surface area (Å²) in [6, 6.07) is 0.316. The average Bonchev–Trinajstić information content (AvgIpc) is 2.89. The van der Waals surface area contributed by atoms with Crippen LogP contribution in [-0.4, -0.2) is 39.5 Å². The van der Waals surface area contributed by atoms with E-state index < -0.39 is 5.54 Å². The van der Waals surface area contributed by atoms with Crippen LogP contribution in [0.2, 0.25) is 0 Å². The van der Waals surface area contributed by atoms with Gasteiger partial charge in [0.25, 0.3) is 5.91 Å². The number of carbonyl (C=O) groups excluding carboxylic acids is 1. The standard InChI is InChI=1S/C13H19N5O/c1-4-13(2,3)15-12(19)11-9-18(17-16-11)10-5-7-14-8-6-10/h1,9-10,14H,5-8H2,2-3H3,(H,15,19). The monoisotopic (exact) mass is 261 g/mol. The summed E-state index contributed by atoms with van der Waals surface area (Å²) in [6.07, 6.45) is 9.03. The summed E-state index contributed by atoms with van der Waals surface area (Å²) in [5.41, 5.74) is -0.378. The van der Waals surface area contributed by atoms with E-state index in [1.807, 2.05) is 0 Å². The van der Waals surface area contributed by atoms with Gasteiger partial charge in [0.05, 0.1) is 17.8 Å². The molecule has 1 aliphatic rings. The van der Waals surface area contributed by atoms with E-state index in [0.29, 0.717) is 11.7 Å². The molecule has 1 saturated heterocycles. The van der Waals surface area contributed by atoms with Gasteiger partial charge in [-0.25, -0.2) is 4.68 Å². The molecule has 6 nitrogen and oxygen atoms in total. The van der Waals surface area contributed by atoms with Crippen molar-refractivity contribution in [2.24, 2.45) is 0 Å². The van der Waals surface area contributed by atoms with Crippen LogP contribution in [0.15, 0.2) is 6.20 Å². The Kier molecular flexibility index (Phi) is 3.86. The third-order valence-electron chi connectivity index (χ3n) is 3.21. The highest BCUT2D eigenvalue weighted by Gasteiger charge is 2.22. The van der Waals surface area contributed by atoms with Gasteiger partial charge in [-0.1, -0.05) is 11.1 Å². The Balaban J connectivity index is 2.04. The minimum absolute atomic E-state index is 0.289. The second-order valence-corrected chi connectivity index (χ2v) is 5.29. The number of nitrogens with one attached hydrogen (secondary N) is 2. The first kappa shape index (κ1) is 13.6. The van der Waals surface area contributed by atoms with Crippen LogP contribution in [0.3, 0.4) is 0 Å². The van der Waals surface area contributed by atoms with Crippen LogP contribution in [0.1, 0.15) is 43.2 Å². The number of nitrogens with zero attached hydrogens (tertiary/aromatic N) is 3. The molecule has 1 aromatic rings. The summed E-state index contributed by atoms with van der Waals surface area (Å²) in [7, 11) is 0. The Labute approximate surface area is 112 Å². The molecule has 1 amide bonds. The highest BCUT2D eigenvalue weighted by atomic mass is 16.2. The zero-order valence-corrected chi connectivity index (χ0v) is 11.3. The number of rotatable bonds is 3. The number of amides is 1. The van der Waals surface area contributed by atoms with Crippen molar-refractivity contribution in [3.63, 3.8) is 0 Å². The van der Waals surface area contributed by atoms with Crippen LogP contribution >= 0.6 is 0 Å². The lowest BCUT2D eigenvalue weighted by Crippen LogP contribution is -2.42. The van der Waals surface area contributed by atoms with Crippen molar-refractivity contribution < 1.29 is 4.79 Å². The third kappa shape index (κ3) is 3.32. The van der Waals surface area contributed by atoms with E-state index in [0.717, 1.165) is 25.9 Å². The van der Waals surface area contributed by atoms with Crippen LogP contribution in [-0.2, 0) is 0 Å². The first-order valence-corrected chi connectivity index (χ1v) is 6.45. The molecule has 2 N–H and O–H groups in total. The lowest BCUT2D eigenvalue weighted by Gasteiger charge is -2.22. The molecular weight excluding hydrogens is 242 g/mol. The maximum Gasteiger partial charge on any atom is 0.274 e. The van der Waals surface area contributed by atoms with E-state index in [1.54, 1.807) is 24.7 Å². The van der Waals surface area contributed by atoms with Crippen LogP contribution < -0.4 is 10.6 Å². The highest BCUT2D eigenvalue weighted by molar-refractivity contribution is 5.92. The van der Waals surface area contributed by atoms with Gasteiger partial charge in [0, 0.05) is 0 Å². The molecule has 0 spiro atoms. The van der Waals surface area contributed by atoms with Gasteiger partial charge < -0.3 is 10.6 Å². The minimum atomic E-state index is -0.685. The maximum atomic E-state index is 12.0. The molecule has 1 aliphatic heterocycles. The van der Waals surface area contributed by atoms with Gasteiger partial charge in [0.2, 0.25) is 0 Å². The molecule has 0 atom stereocenters. The topological polar surface area (TPSA) is 71.8 Å². The van der Waals surface area contributed by atoms with Crippen molar-refractivity contribution in [1.29, 1.82) is 0 Å². The largest absolute Gasteiger partial charge is 0.335 e. The fraction of sp³-hybridized carbons (Fsp3) is 0.615. The SMILES string of the molecule is C#CC(C)(C)NC(=O)c1cn(C2CCNCC2)nn1. The summed E-state index contributed by atoms with van der Waals surface area (Å²) in [5.74, 6) is 2.23. The van der Waals surface area contributed by atoms with Crippen molar-refractivity contribution in [2.45, 2.75) is 38.3 Å². The van der Waals surface area contributed by atoms with E-state index in [9.17, 15) is 4.79 Å². The van der Waals surface area contributed by atoms with Gasteiger partial charge in [0.1, 0.15) is 0 Å². The zero-order valence-electron chi connectivity index (χ0n) is 11.3. The van der Waals surface area contributed by atoms with Crippen molar-refractivity contribution >= 4 is 5.91 Å². The zero-order chi connectivity index (χ0) is 13.9. The number of aromatic nitrogens is 3. The smallest absolute Gasteiger partial charge is 0.274 e. The Morgan fingerprint density at radius 1 is 1.58 bits per heavy atom. The van der Waals surface area contributed by atoms with Crippen molar-refractivity contribution in [2.75, 3.05) is 13.1 Å². The molecule has 0 saturated carbocycles. The summed E-state index contributed by atoms with van der Waals surface area (Å²) in [5, 5.41) is 14.0. The molecule has 1 aromatic heterocycles. The normalized spacial score (nSPS) is 16.9. The van der Waals surface area contributed by atoms with Gasteiger partial charge in [-0.2, -0.15) is 0 Å². The Hall–Kier alpha value is -1.87. The van der Waals surface area contributed by atoms with Crippen LogP contribution in [0.5, 0.6) is 0 Å². The first-order valence-electron chi connectivity index (χ1n) is 6.45. The molecule has 0 aromatic carbocycles. The van der Waals surface area contributed by atoms with Crippen LogP contribution in [0.4, 0.5) is 0 Å². The predicted molar refractivity (Wildman–Crippen MR) is 71.5 cm³/mol. The number of piperidine rings is 1. The fourth-order valence-electron chi connectivity index (χ4n) is 2.01. The van der Waals surface area contributed by atoms with E-state index >= 15 is 0 Å². The van der Waals surface area contributed by atoms with Gasteiger partial charge in [-0.15, -0.1) is 11.5 Å². The maximum absolute atomic E-state index is 12.0. The quantitative estimate of drug-likeness (QED) is 0.770. The molecule has 19 heavy (non-hydrogen) atoms. The molecule has 0 bridgehead atoms. The number of hydrogen-bond acceptors (Lipinski definition) is 4. The predicted octanol–water partition coefficient (Wildman–Crippen LogP) is 0.344. The number of carbonyl (C=O) groups is 1. The fourth-order valence-corrected chi connectivity index (χ4v) is 2.01. The van der Waals surface area contributed by atoms with E-state index in [2.05, 4.69) is 26.9 Å². The second kappa shape index (κ2) is 5.41. The summed E-state index contributed by atoms with van der Waals surface area (Å²) >= 11 is 0. The summed E-state index contributed by atoms with van der Waals surface area (Å²) < 4.78 is 1.78. The highest BCUT2D eigenvalue weighted by Crippen LogP contribution is 2.17. The van der Waals surface area contributed by atoms with E-state index in [1.165, 1.54) is 0 Å². The molecule has 0 radical (unpaired) electrons. The molecule has 6 heteroatoms. The lowest BCUT2D eigenvalue weighted by atomic mass is 10.1. The number of terminal acetylenes is 1. The van der Waals surface area contributed by atoms with Gasteiger partial charge in [-0.05, 0) is 39.8 Å². The molecular formula is C13H19N5O. The van der Waals surface area contributed by atoms with Gasteiger partial charge in [-0.3, -0.25) is 4.79 Å². The van der Waals surface area contributed by atoms with E-state index in [-0.39, 0.29) is 5.91 Å². The Morgan fingerprint density at radius 3 is 2.89 bits per heavy atom. The average molecular weight is 261 g/mol. The van der Waals surface area contributed by atoms with Crippen molar-refractivity contribution in [3.8, 4) is 12.3 Å². The lowest BCUT2D eigenvalue weighted by molar-refractivity contribution is 0.0924. The van der Waals surface area contributed by atoms with Crippen LogP contribution in [0.25, 0.3) is 0 Å². The summed E-state index contributed by atoms with van der Waals surface area (Å²) in [6.45, 7) is 5.47. The summed E-state index contributed by atoms with van der Waals surface area (Å²) in [4.78, 5) is 12.0. The molecule has 1 fully saturated rings. The van der Waals surface area contributed by atoms with Crippen molar-refractivity contribution in [1.82, 2.24) is 25.6 Å². The van der Waals surface area contributed by atoms with Crippen LogP contribution in [0, 0.1) is 12.3 Å². The molecule has 0 unspecified atom stereocenters. The van der Waals surface area contributed by atoms with Gasteiger partial charge in [0.15, 0.2) is 5.69 Å². The minimum Gasteiger partial charge on any atom is -0.335 e. The first-order chi connectivity index (χ1) is 9.02. The molecule has 0 aliphatic carbocycles. The number of hydrogen-bond donors (Lipinski definition) is 2. The third-order valence-corrected chi connectivity index (χ3v) is 3.21. The molecule has 102 valence electrons. The Bertz CT molecular complexity index is 493.